The smallest absolute Gasteiger partial charge is 0.119 e. The normalized spacial score (nSPS) is 12.1. The molecule has 0 bridgehead atoms. The van der Waals surface area contributed by atoms with Crippen LogP contribution in [0.4, 0.5) is 0 Å². The molecule has 3 nitrogen and oxygen atoms in total. The maximum Gasteiger partial charge on any atom is 0.119 e. The SMILES string of the molecule is COc1ccc(COC[C@@H](C)CCCCC=O)cc1. The van der Waals surface area contributed by atoms with Gasteiger partial charge >= 0.3 is 0 Å². The van der Waals surface area contributed by atoms with Crippen LogP contribution in [0.15, 0.2) is 24.3 Å². The van der Waals surface area contributed by atoms with Crippen molar-refractivity contribution in [1.82, 2.24) is 0 Å². The summed E-state index contributed by atoms with van der Waals surface area (Å²) in [5.41, 5.74) is 1.16. The number of rotatable bonds is 10. The molecular formula is C16H24O3. The van der Waals surface area contributed by atoms with Crippen LogP contribution in [0, 0.1) is 5.92 Å². The molecule has 19 heavy (non-hydrogen) atoms. The number of unbranched alkanes of at least 4 members (excludes halogenated alkanes) is 2. The molecule has 0 fully saturated rings. The monoisotopic (exact) mass is 264 g/mol. The molecule has 0 aliphatic carbocycles. The van der Waals surface area contributed by atoms with E-state index < -0.39 is 0 Å². The van der Waals surface area contributed by atoms with Crippen LogP contribution in [-0.4, -0.2) is 20.0 Å². The van der Waals surface area contributed by atoms with Gasteiger partial charge in [0.05, 0.1) is 13.7 Å². The molecule has 0 spiro atoms. The number of carbonyl (C=O) groups is 1. The fourth-order valence-corrected chi connectivity index (χ4v) is 1.90. The Bertz CT molecular complexity index is 346. The third kappa shape index (κ3) is 6.97. The van der Waals surface area contributed by atoms with E-state index in [-0.39, 0.29) is 0 Å². The molecule has 0 N–H and O–H groups in total. The lowest BCUT2D eigenvalue weighted by Crippen LogP contribution is -2.06. The van der Waals surface area contributed by atoms with E-state index in [1.165, 1.54) is 0 Å². The van der Waals surface area contributed by atoms with Crippen LogP contribution in [-0.2, 0) is 16.1 Å². The standard InChI is InChI=1S/C16H24O3/c1-14(6-4-3-5-11-17)12-19-13-15-7-9-16(18-2)10-8-15/h7-11,14H,3-6,12-13H2,1-2H3/t14-/m0/s1. The Kier molecular flexibility index (Phi) is 7.91. The van der Waals surface area contributed by atoms with Crippen molar-refractivity contribution in [1.29, 1.82) is 0 Å². The van der Waals surface area contributed by atoms with Gasteiger partial charge in [-0.15, -0.1) is 0 Å². The minimum Gasteiger partial charge on any atom is -0.497 e. The molecule has 0 amide bonds. The molecule has 1 atom stereocenters. The summed E-state index contributed by atoms with van der Waals surface area (Å²) in [6, 6.07) is 7.93. The second-order valence-electron chi connectivity index (χ2n) is 4.92. The van der Waals surface area contributed by atoms with Gasteiger partial charge < -0.3 is 14.3 Å². The summed E-state index contributed by atoms with van der Waals surface area (Å²) in [5.74, 6) is 1.41. The topological polar surface area (TPSA) is 35.5 Å². The van der Waals surface area contributed by atoms with Crippen LogP contribution in [0.2, 0.25) is 0 Å². The summed E-state index contributed by atoms with van der Waals surface area (Å²) in [7, 11) is 1.66. The van der Waals surface area contributed by atoms with E-state index in [2.05, 4.69) is 6.92 Å². The zero-order valence-electron chi connectivity index (χ0n) is 11.9. The van der Waals surface area contributed by atoms with Crippen molar-refractivity contribution < 1.29 is 14.3 Å². The van der Waals surface area contributed by atoms with Gasteiger partial charge in [-0.05, 0) is 36.5 Å². The number of hydrogen-bond acceptors (Lipinski definition) is 3. The van der Waals surface area contributed by atoms with Crippen LogP contribution < -0.4 is 4.74 Å². The Hall–Kier alpha value is -1.35. The van der Waals surface area contributed by atoms with E-state index in [1.807, 2.05) is 24.3 Å². The van der Waals surface area contributed by atoms with Gasteiger partial charge in [0.2, 0.25) is 0 Å². The van der Waals surface area contributed by atoms with E-state index in [4.69, 9.17) is 9.47 Å². The van der Waals surface area contributed by atoms with E-state index in [9.17, 15) is 4.79 Å². The Morgan fingerprint density at radius 2 is 1.95 bits per heavy atom. The predicted octanol–water partition coefficient (Wildman–Crippen LogP) is 3.61. The molecule has 1 rings (SSSR count). The lowest BCUT2D eigenvalue weighted by molar-refractivity contribution is -0.107. The molecule has 3 heteroatoms. The highest BCUT2D eigenvalue weighted by Gasteiger charge is 2.02. The molecule has 0 heterocycles. The molecule has 0 saturated carbocycles. The van der Waals surface area contributed by atoms with Crippen molar-refractivity contribution in [2.45, 2.75) is 39.2 Å². The summed E-state index contributed by atoms with van der Waals surface area (Å²) in [6.45, 7) is 3.60. The number of hydrogen-bond donors (Lipinski definition) is 0. The number of ether oxygens (including phenoxy) is 2. The largest absolute Gasteiger partial charge is 0.497 e. The van der Waals surface area contributed by atoms with Crippen molar-refractivity contribution in [3.8, 4) is 5.75 Å². The minimum atomic E-state index is 0.546. The first-order valence-corrected chi connectivity index (χ1v) is 6.90. The molecule has 0 saturated heterocycles. The van der Waals surface area contributed by atoms with E-state index in [1.54, 1.807) is 7.11 Å². The van der Waals surface area contributed by atoms with Crippen LogP contribution in [0.25, 0.3) is 0 Å². The molecule has 0 unspecified atom stereocenters. The van der Waals surface area contributed by atoms with Crippen molar-refractivity contribution in [2.75, 3.05) is 13.7 Å². The van der Waals surface area contributed by atoms with Crippen LogP contribution in [0.5, 0.6) is 5.75 Å². The predicted molar refractivity (Wildman–Crippen MR) is 76.3 cm³/mol. The van der Waals surface area contributed by atoms with Gasteiger partial charge in [-0.2, -0.15) is 0 Å². The minimum absolute atomic E-state index is 0.546. The summed E-state index contributed by atoms with van der Waals surface area (Å²) in [6.07, 6.45) is 4.89. The van der Waals surface area contributed by atoms with Gasteiger partial charge in [0, 0.05) is 13.0 Å². The zero-order chi connectivity index (χ0) is 13.9. The van der Waals surface area contributed by atoms with Gasteiger partial charge in [0.25, 0.3) is 0 Å². The fourth-order valence-electron chi connectivity index (χ4n) is 1.90. The van der Waals surface area contributed by atoms with E-state index >= 15 is 0 Å². The lowest BCUT2D eigenvalue weighted by Gasteiger charge is -2.11. The maximum absolute atomic E-state index is 10.2. The van der Waals surface area contributed by atoms with Gasteiger partial charge in [0.1, 0.15) is 12.0 Å². The first-order chi connectivity index (χ1) is 9.26. The highest BCUT2D eigenvalue weighted by Crippen LogP contribution is 2.13. The maximum atomic E-state index is 10.2. The van der Waals surface area contributed by atoms with Gasteiger partial charge in [0.15, 0.2) is 0 Å². The summed E-state index contributed by atoms with van der Waals surface area (Å²) >= 11 is 0. The van der Waals surface area contributed by atoms with Gasteiger partial charge in [-0.25, -0.2) is 0 Å². The van der Waals surface area contributed by atoms with Crippen molar-refractivity contribution in [3.63, 3.8) is 0 Å². The molecule has 0 aliphatic rings. The zero-order valence-corrected chi connectivity index (χ0v) is 11.9. The number of carbonyl (C=O) groups excluding carboxylic acids is 1. The molecule has 1 aromatic carbocycles. The van der Waals surface area contributed by atoms with Gasteiger partial charge in [-0.1, -0.05) is 25.5 Å². The quantitative estimate of drug-likeness (QED) is 0.478. The average Bonchev–Trinajstić information content (AvgIpc) is 2.44. The van der Waals surface area contributed by atoms with E-state index in [0.717, 1.165) is 43.5 Å². The third-order valence-corrected chi connectivity index (χ3v) is 3.10. The van der Waals surface area contributed by atoms with Crippen molar-refractivity contribution in [3.05, 3.63) is 29.8 Å². The van der Waals surface area contributed by atoms with Gasteiger partial charge in [-0.3, -0.25) is 0 Å². The van der Waals surface area contributed by atoms with Crippen LogP contribution >= 0.6 is 0 Å². The molecule has 1 aromatic rings. The Morgan fingerprint density at radius 1 is 1.21 bits per heavy atom. The third-order valence-electron chi connectivity index (χ3n) is 3.10. The number of aldehydes is 1. The molecule has 0 aliphatic heterocycles. The average molecular weight is 264 g/mol. The Morgan fingerprint density at radius 3 is 2.58 bits per heavy atom. The second-order valence-corrected chi connectivity index (χ2v) is 4.92. The van der Waals surface area contributed by atoms with Crippen LogP contribution in [0.3, 0.4) is 0 Å². The summed E-state index contributed by atoms with van der Waals surface area (Å²) in [5, 5.41) is 0. The molecule has 106 valence electrons. The highest BCUT2D eigenvalue weighted by atomic mass is 16.5. The second kappa shape index (κ2) is 9.56. The first kappa shape index (κ1) is 15.7. The number of methoxy groups -OCH3 is 1. The molecule has 0 radical (unpaired) electrons. The van der Waals surface area contributed by atoms with Crippen LogP contribution in [0.1, 0.15) is 38.2 Å². The highest BCUT2D eigenvalue weighted by molar-refractivity contribution is 5.48. The fraction of sp³-hybridized carbons (Fsp3) is 0.562. The van der Waals surface area contributed by atoms with E-state index in [0.29, 0.717) is 18.9 Å². The first-order valence-electron chi connectivity index (χ1n) is 6.90. The Balaban J connectivity index is 2.13. The van der Waals surface area contributed by atoms with Crippen molar-refractivity contribution in [2.24, 2.45) is 5.92 Å². The summed E-state index contributed by atoms with van der Waals surface area (Å²) < 4.78 is 10.8. The van der Waals surface area contributed by atoms with Crippen molar-refractivity contribution >= 4 is 6.29 Å². The summed E-state index contributed by atoms with van der Waals surface area (Å²) in [4.78, 5) is 10.2. The molecular weight excluding hydrogens is 240 g/mol. The number of benzene rings is 1. The lowest BCUT2D eigenvalue weighted by atomic mass is 10.0. The Labute approximate surface area is 115 Å². The molecule has 0 aromatic heterocycles.